The molecule has 4 nitrogen and oxygen atoms in total. The number of ether oxygens (including phenoxy) is 1. The van der Waals surface area contributed by atoms with Crippen molar-refractivity contribution in [1.82, 2.24) is 4.98 Å². The van der Waals surface area contributed by atoms with Crippen LogP contribution in [0, 0.1) is 6.92 Å². The molecule has 0 saturated carbocycles. The lowest BCUT2D eigenvalue weighted by Gasteiger charge is -1.94. The van der Waals surface area contributed by atoms with Crippen LogP contribution in [-0.4, -0.2) is 24.5 Å². The Bertz CT molecular complexity index is 296. The van der Waals surface area contributed by atoms with E-state index in [0.717, 1.165) is 4.88 Å². The Hall–Kier alpha value is -0.940. The van der Waals surface area contributed by atoms with Gasteiger partial charge in [0.05, 0.1) is 0 Å². The van der Waals surface area contributed by atoms with Crippen LogP contribution in [0.3, 0.4) is 0 Å². The molecule has 1 aromatic rings. The second-order valence-corrected chi connectivity index (χ2v) is 3.55. The predicted octanol–water partition coefficient (Wildman–Crippen LogP) is 0.863. The number of ketones is 1. The van der Waals surface area contributed by atoms with Gasteiger partial charge in [-0.25, -0.2) is 4.98 Å². The lowest BCUT2D eigenvalue weighted by atomic mass is 10.3. The van der Waals surface area contributed by atoms with E-state index in [1.165, 1.54) is 18.4 Å². The van der Waals surface area contributed by atoms with Gasteiger partial charge in [0.25, 0.3) is 0 Å². The molecule has 12 heavy (non-hydrogen) atoms. The van der Waals surface area contributed by atoms with E-state index in [1.54, 1.807) is 0 Å². The van der Waals surface area contributed by atoms with Crippen LogP contribution in [0.15, 0.2) is 0 Å². The molecule has 0 spiro atoms. The van der Waals surface area contributed by atoms with Crippen LogP contribution in [-0.2, 0) is 4.74 Å². The number of aromatic nitrogens is 1. The summed E-state index contributed by atoms with van der Waals surface area (Å²) in [4.78, 5) is 16.0. The van der Waals surface area contributed by atoms with E-state index in [9.17, 15) is 4.79 Å². The lowest BCUT2D eigenvalue weighted by molar-refractivity contribution is 0.0843. The largest absolute Gasteiger partial charge is 0.376 e. The Morgan fingerprint density at radius 2 is 2.42 bits per heavy atom. The summed E-state index contributed by atoms with van der Waals surface area (Å²) in [6.45, 7) is 1.88. The Balaban J connectivity index is 2.87. The van der Waals surface area contributed by atoms with Gasteiger partial charge in [-0.05, 0) is 6.92 Å². The van der Waals surface area contributed by atoms with Gasteiger partial charge in [-0.1, -0.05) is 0 Å². The first-order valence-electron chi connectivity index (χ1n) is 3.40. The van der Waals surface area contributed by atoms with E-state index in [-0.39, 0.29) is 12.4 Å². The zero-order valence-corrected chi connectivity index (χ0v) is 7.77. The summed E-state index contributed by atoms with van der Waals surface area (Å²) >= 11 is 1.31. The number of thiazole rings is 1. The van der Waals surface area contributed by atoms with E-state index >= 15 is 0 Å². The fourth-order valence-electron chi connectivity index (χ4n) is 0.875. The molecule has 0 amide bonds. The molecular formula is C7H10N2O2S. The van der Waals surface area contributed by atoms with Crippen molar-refractivity contribution < 1.29 is 9.53 Å². The van der Waals surface area contributed by atoms with Crippen LogP contribution in [0.2, 0.25) is 0 Å². The molecule has 0 unspecified atom stereocenters. The second-order valence-electron chi connectivity index (χ2n) is 2.31. The minimum Gasteiger partial charge on any atom is -0.376 e. The molecule has 66 valence electrons. The number of Topliss-reactive ketones (excluding diaryl/α,β-unsaturated/α-hetero) is 1. The number of carbonyl (C=O) groups excluding carboxylic acids is 1. The quantitative estimate of drug-likeness (QED) is 0.711. The number of rotatable bonds is 3. The number of nitrogens with zero attached hydrogens (tertiary/aromatic N) is 1. The topological polar surface area (TPSA) is 65.2 Å². The highest BCUT2D eigenvalue weighted by Gasteiger charge is 2.13. The van der Waals surface area contributed by atoms with Crippen molar-refractivity contribution in [1.29, 1.82) is 0 Å². The van der Waals surface area contributed by atoms with Crippen molar-refractivity contribution in [3.8, 4) is 0 Å². The number of anilines is 1. The molecule has 0 atom stereocenters. The lowest BCUT2D eigenvalue weighted by Crippen LogP contribution is -2.08. The van der Waals surface area contributed by atoms with Gasteiger partial charge in [0, 0.05) is 12.0 Å². The number of nitrogen functional groups attached to an aromatic ring is 1. The van der Waals surface area contributed by atoms with Crippen LogP contribution < -0.4 is 5.73 Å². The normalized spacial score (nSPS) is 10.2. The van der Waals surface area contributed by atoms with E-state index in [4.69, 9.17) is 10.5 Å². The Kier molecular flexibility index (Phi) is 2.78. The zero-order chi connectivity index (χ0) is 9.14. The highest BCUT2D eigenvalue weighted by molar-refractivity contribution is 7.15. The van der Waals surface area contributed by atoms with Crippen molar-refractivity contribution in [2.24, 2.45) is 0 Å². The van der Waals surface area contributed by atoms with Crippen LogP contribution in [0.5, 0.6) is 0 Å². The third-order valence-electron chi connectivity index (χ3n) is 1.35. The van der Waals surface area contributed by atoms with Crippen LogP contribution in [0.4, 0.5) is 5.13 Å². The predicted molar refractivity (Wildman–Crippen MR) is 47.5 cm³/mol. The zero-order valence-electron chi connectivity index (χ0n) is 6.96. The van der Waals surface area contributed by atoms with Crippen molar-refractivity contribution in [2.45, 2.75) is 6.92 Å². The first-order chi connectivity index (χ1) is 5.65. The Morgan fingerprint density at radius 3 is 2.83 bits per heavy atom. The van der Waals surface area contributed by atoms with Gasteiger partial charge in [-0.2, -0.15) is 0 Å². The maximum Gasteiger partial charge on any atom is 0.207 e. The van der Waals surface area contributed by atoms with Crippen molar-refractivity contribution >= 4 is 22.3 Å². The number of aryl methyl sites for hydroxylation is 1. The third kappa shape index (κ3) is 1.80. The van der Waals surface area contributed by atoms with Crippen molar-refractivity contribution in [2.75, 3.05) is 19.5 Å². The molecule has 0 bridgehead atoms. The summed E-state index contributed by atoms with van der Waals surface area (Å²) in [6, 6.07) is 0. The van der Waals surface area contributed by atoms with Crippen LogP contribution in [0.25, 0.3) is 0 Å². The van der Waals surface area contributed by atoms with E-state index in [1.807, 2.05) is 6.92 Å². The first kappa shape index (κ1) is 9.15. The average Bonchev–Trinajstić information content (AvgIpc) is 2.30. The van der Waals surface area contributed by atoms with Gasteiger partial charge in [-0.3, -0.25) is 4.79 Å². The fraction of sp³-hybridized carbons (Fsp3) is 0.429. The molecule has 0 radical (unpaired) electrons. The fourth-order valence-corrected chi connectivity index (χ4v) is 1.58. The molecule has 0 fully saturated rings. The van der Waals surface area contributed by atoms with Crippen molar-refractivity contribution in [3.63, 3.8) is 0 Å². The molecule has 0 aromatic carbocycles. The molecule has 0 aliphatic heterocycles. The van der Waals surface area contributed by atoms with Gasteiger partial charge in [0.1, 0.15) is 12.3 Å². The van der Waals surface area contributed by atoms with Gasteiger partial charge >= 0.3 is 0 Å². The number of hydrogen-bond donors (Lipinski definition) is 1. The molecule has 0 saturated heterocycles. The number of methoxy groups -OCH3 is 1. The summed E-state index contributed by atoms with van der Waals surface area (Å²) in [5, 5.41) is 0.423. The highest BCUT2D eigenvalue weighted by Crippen LogP contribution is 2.19. The standard InChI is InChI=1S/C7H10N2O2S/c1-4-6(5(10)3-11-2)9-7(8)12-4/h3H2,1-2H3,(H2,8,9). The van der Waals surface area contributed by atoms with Gasteiger partial charge in [-0.15, -0.1) is 11.3 Å². The van der Waals surface area contributed by atoms with E-state index in [2.05, 4.69) is 4.98 Å². The maximum atomic E-state index is 11.2. The van der Waals surface area contributed by atoms with Crippen molar-refractivity contribution in [3.05, 3.63) is 10.6 Å². The smallest absolute Gasteiger partial charge is 0.207 e. The molecule has 5 heteroatoms. The first-order valence-corrected chi connectivity index (χ1v) is 4.22. The van der Waals surface area contributed by atoms with E-state index < -0.39 is 0 Å². The summed E-state index contributed by atoms with van der Waals surface area (Å²) in [5.41, 5.74) is 5.86. The molecule has 0 aliphatic rings. The molecule has 0 aliphatic carbocycles. The molecule has 1 heterocycles. The minimum absolute atomic E-state index is 0.0595. The third-order valence-corrected chi connectivity index (χ3v) is 2.15. The SMILES string of the molecule is COCC(=O)c1nc(N)sc1C. The maximum absolute atomic E-state index is 11.2. The summed E-state index contributed by atoms with van der Waals surface area (Å²) in [7, 11) is 1.48. The monoisotopic (exact) mass is 186 g/mol. The molecule has 1 rings (SSSR count). The number of carbonyl (C=O) groups is 1. The second kappa shape index (κ2) is 3.64. The Morgan fingerprint density at radius 1 is 1.75 bits per heavy atom. The summed E-state index contributed by atoms with van der Waals surface area (Å²) in [5.74, 6) is -0.122. The summed E-state index contributed by atoms with van der Waals surface area (Å²) in [6.07, 6.45) is 0. The highest BCUT2D eigenvalue weighted by atomic mass is 32.1. The summed E-state index contributed by atoms with van der Waals surface area (Å²) < 4.78 is 4.70. The number of nitrogens with two attached hydrogens (primary N) is 1. The van der Waals surface area contributed by atoms with Gasteiger partial charge in [0.15, 0.2) is 5.13 Å². The minimum atomic E-state index is -0.122. The van der Waals surface area contributed by atoms with Crippen LogP contribution in [0.1, 0.15) is 15.4 Å². The molecule has 2 N–H and O–H groups in total. The van der Waals surface area contributed by atoms with E-state index in [0.29, 0.717) is 10.8 Å². The number of hydrogen-bond acceptors (Lipinski definition) is 5. The van der Waals surface area contributed by atoms with Crippen LogP contribution >= 0.6 is 11.3 Å². The molecule has 1 aromatic heterocycles. The van der Waals surface area contributed by atoms with Gasteiger partial charge in [0.2, 0.25) is 5.78 Å². The Labute approximate surface area is 74.4 Å². The van der Waals surface area contributed by atoms with Gasteiger partial charge < -0.3 is 10.5 Å². The molecular weight excluding hydrogens is 176 g/mol. The average molecular weight is 186 g/mol.